The molecule has 8 heteroatoms. The summed E-state index contributed by atoms with van der Waals surface area (Å²) in [6, 6.07) is 0. The maximum Gasteiger partial charge on any atom is 0.354 e. The lowest BCUT2D eigenvalue weighted by Gasteiger charge is -2.01. The standard InChI is InChI=1S/C5H10N2O5S/c6-5(10)13(11,12)7-4(9)2-1-3-8/h8H,1-3H2,(H2,6,10)(H,7,9). The summed E-state index contributed by atoms with van der Waals surface area (Å²) in [7, 11) is -4.37. The van der Waals surface area contributed by atoms with Gasteiger partial charge in [0.1, 0.15) is 0 Å². The van der Waals surface area contributed by atoms with Crippen molar-refractivity contribution in [3.05, 3.63) is 0 Å². The topological polar surface area (TPSA) is 127 Å². The Balaban J connectivity index is 4.14. The van der Waals surface area contributed by atoms with Gasteiger partial charge in [0.15, 0.2) is 0 Å². The summed E-state index contributed by atoms with van der Waals surface area (Å²) >= 11 is 0. The molecule has 0 radical (unpaired) electrons. The van der Waals surface area contributed by atoms with Crippen molar-refractivity contribution in [3.63, 3.8) is 0 Å². The lowest BCUT2D eigenvalue weighted by molar-refractivity contribution is -0.119. The van der Waals surface area contributed by atoms with Crippen molar-refractivity contribution in [1.29, 1.82) is 0 Å². The summed E-state index contributed by atoms with van der Waals surface area (Å²) in [4.78, 5) is 20.9. The maximum atomic E-state index is 10.7. The molecule has 7 nitrogen and oxygen atoms in total. The number of nitrogens with two attached hydrogens (primary N) is 1. The molecule has 0 aliphatic heterocycles. The summed E-state index contributed by atoms with van der Waals surface area (Å²) < 4.78 is 22.7. The molecule has 0 aliphatic carbocycles. The van der Waals surface area contributed by atoms with Crippen LogP contribution in [0.4, 0.5) is 4.79 Å². The highest BCUT2D eigenvalue weighted by Gasteiger charge is 2.20. The number of nitrogens with one attached hydrogen (secondary N) is 1. The molecule has 0 saturated heterocycles. The van der Waals surface area contributed by atoms with Crippen LogP contribution >= 0.6 is 0 Å². The van der Waals surface area contributed by atoms with E-state index in [4.69, 9.17) is 5.11 Å². The number of primary amides is 1. The molecular weight excluding hydrogens is 200 g/mol. The molecule has 13 heavy (non-hydrogen) atoms. The lowest BCUT2D eigenvalue weighted by atomic mass is 10.3. The van der Waals surface area contributed by atoms with Crippen LogP contribution in [0.1, 0.15) is 12.8 Å². The average Bonchev–Trinajstić information content (AvgIpc) is 1.99. The Bertz CT molecular complexity index is 296. The molecule has 0 saturated carbocycles. The van der Waals surface area contributed by atoms with E-state index in [-0.39, 0.29) is 19.4 Å². The minimum Gasteiger partial charge on any atom is -0.396 e. The number of aliphatic hydroxyl groups excluding tert-OH is 1. The van der Waals surface area contributed by atoms with Gasteiger partial charge in [-0.2, -0.15) is 8.42 Å². The van der Waals surface area contributed by atoms with Crippen LogP contribution in [0.15, 0.2) is 0 Å². The van der Waals surface area contributed by atoms with E-state index in [9.17, 15) is 18.0 Å². The van der Waals surface area contributed by atoms with E-state index in [1.807, 2.05) is 0 Å². The highest BCUT2D eigenvalue weighted by atomic mass is 32.2. The van der Waals surface area contributed by atoms with E-state index >= 15 is 0 Å². The highest BCUT2D eigenvalue weighted by Crippen LogP contribution is 1.90. The van der Waals surface area contributed by atoms with Crippen LogP contribution in [0.2, 0.25) is 0 Å². The number of amides is 2. The summed E-state index contributed by atoms with van der Waals surface area (Å²) in [5.74, 6) is -0.868. The molecule has 0 heterocycles. The third-order valence-corrected chi connectivity index (χ3v) is 2.10. The van der Waals surface area contributed by atoms with Crippen molar-refractivity contribution in [1.82, 2.24) is 4.72 Å². The molecule has 0 unspecified atom stereocenters. The van der Waals surface area contributed by atoms with Crippen molar-refractivity contribution in [2.75, 3.05) is 6.61 Å². The first-order valence-corrected chi connectivity index (χ1v) is 4.84. The summed E-state index contributed by atoms with van der Waals surface area (Å²) in [6.45, 7) is -0.232. The third kappa shape index (κ3) is 4.43. The monoisotopic (exact) mass is 210 g/mol. The Morgan fingerprint density at radius 1 is 1.38 bits per heavy atom. The van der Waals surface area contributed by atoms with Gasteiger partial charge < -0.3 is 10.8 Å². The number of carbonyl (C=O) groups is 2. The van der Waals surface area contributed by atoms with Crippen LogP contribution in [0.5, 0.6) is 0 Å². The lowest BCUT2D eigenvalue weighted by Crippen LogP contribution is -2.38. The highest BCUT2D eigenvalue weighted by molar-refractivity contribution is 8.04. The van der Waals surface area contributed by atoms with Crippen LogP contribution in [0, 0.1) is 0 Å². The molecule has 2 amide bonds. The van der Waals surface area contributed by atoms with Crippen LogP contribution in [0.25, 0.3) is 0 Å². The van der Waals surface area contributed by atoms with Gasteiger partial charge in [0.05, 0.1) is 0 Å². The Morgan fingerprint density at radius 3 is 2.31 bits per heavy atom. The van der Waals surface area contributed by atoms with Crippen LogP contribution in [-0.4, -0.2) is 31.3 Å². The number of hydrogen-bond acceptors (Lipinski definition) is 5. The molecule has 0 fully saturated rings. The third-order valence-electron chi connectivity index (χ3n) is 1.08. The SMILES string of the molecule is NC(=O)S(=O)(=O)NC(=O)CCCO. The summed E-state index contributed by atoms with van der Waals surface area (Å²) in [5.41, 5.74) is 4.46. The normalized spacial score (nSPS) is 10.8. The Hall–Kier alpha value is -1.15. The molecule has 0 aromatic heterocycles. The molecule has 0 spiro atoms. The van der Waals surface area contributed by atoms with E-state index in [2.05, 4.69) is 5.73 Å². The van der Waals surface area contributed by atoms with Gasteiger partial charge >= 0.3 is 15.3 Å². The van der Waals surface area contributed by atoms with Crippen molar-refractivity contribution in [2.24, 2.45) is 5.73 Å². The number of carbonyl (C=O) groups excluding carboxylic acids is 2. The zero-order valence-electron chi connectivity index (χ0n) is 6.69. The molecule has 0 aromatic carbocycles. The van der Waals surface area contributed by atoms with Crippen molar-refractivity contribution in [2.45, 2.75) is 12.8 Å². The fourth-order valence-electron chi connectivity index (χ4n) is 0.491. The molecule has 0 aromatic rings. The largest absolute Gasteiger partial charge is 0.396 e. The van der Waals surface area contributed by atoms with E-state index < -0.39 is 21.2 Å². The summed E-state index contributed by atoms with van der Waals surface area (Å²) in [6.07, 6.45) is -0.0525. The predicted molar refractivity (Wildman–Crippen MR) is 43.0 cm³/mol. The fraction of sp³-hybridized carbons (Fsp3) is 0.600. The van der Waals surface area contributed by atoms with Gasteiger partial charge in [-0.05, 0) is 6.42 Å². The van der Waals surface area contributed by atoms with Crippen molar-refractivity contribution in [3.8, 4) is 0 Å². The molecule has 0 atom stereocenters. The Morgan fingerprint density at radius 2 is 1.92 bits per heavy atom. The van der Waals surface area contributed by atoms with Gasteiger partial charge in [0.25, 0.3) is 0 Å². The smallest absolute Gasteiger partial charge is 0.354 e. The molecule has 0 aliphatic rings. The van der Waals surface area contributed by atoms with Crippen LogP contribution in [0.3, 0.4) is 0 Å². The Kier molecular flexibility index (Phi) is 4.35. The second-order valence-electron chi connectivity index (χ2n) is 2.17. The second-order valence-corrected chi connectivity index (χ2v) is 3.79. The average molecular weight is 210 g/mol. The maximum absolute atomic E-state index is 10.7. The van der Waals surface area contributed by atoms with Gasteiger partial charge in [-0.3, -0.25) is 9.59 Å². The van der Waals surface area contributed by atoms with Crippen molar-refractivity contribution >= 4 is 21.2 Å². The van der Waals surface area contributed by atoms with Crippen LogP contribution < -0.4 is 10.5 Å². The molecule has 4 N–H and O–H groups in total. The van der Waals surface area contributed by atoms with E-state index in [1.165, 1.54) is 4.72 Å². The zero-order chi connectivity index (χ0) is 10.5. The molecule has 0 rings (SSSR count). The number of hydrogen-bond donors (Lipinski definition) is 3. The number of sulfonamides is 1. The number of aliphatic hydroxyl groups is 1. The van der Waals surface area contributed by atoms with Crippen LogP contribution in [-0.2, 0) is 14.8 Å². The van der Waals surface area contributed by atoms with E-state index in [1.54, 1.807) is 0 Å². The first-order chi connectivity index (χ1) is 5.90. The minimum atomic E-state index is -4.37. The molecular formula is C5H10N2O5S. The van der Waals surface area contributed by atoms with Gasteiger partial charge in [-0.25, -0.2) is 4.72 Å². The van der Waals surface area contributed by atoms with Gasteiger partial charge in [0, 0.05) is 13.0 Å². The predicted octanol–water partition coefficient (Wildman–Crippen LogP) is -1.72. The molecule has 0 bridgehead atoms. The number of rotatable bonds is 3. The molecule has 76 valence electrons. The minimum absolute atomic E-state index is 0.125. The van der Waals surface area contributed by atoms with Gasteiger partial charge in [-0.15, -0.1) is 0 Å². The van der Waals surface area contributed by atoms with Crippen molar-refractivity contribution < 1.29 is 23.1 Å². The van der Waals surface area contributed by atoms with E-state index in [0.717, 1.165) is 0 Å². The summed E-state index contributed by atoms with van der Waals surface area (Å²) in [5, 5.41) is 6.69. The Labute approximate surface area is 75.0 Å². The fourth-order valence-corrected chi connectivity index (χ4v) is 0.993. The first-order valence-electron chi connectivity index (χ1n) is 3.36. The zero-order valence-corrected chi connectivity index (χ0v) is 7.50. The second kappa shape index (κ2) is 4.77. The van der Waals surface area contributed by atoms with E-state index in [0.29, 0.717) is 0 Å². The quantitative estimate of drug-likeness (QED) is 0.510. The van der Waals surface area contributed by atoms with Gasteiger partial charge in [-0.1, -0.05) is 0 Å². The first kappa shape index (κ1) is 11.8. The van der Waals surface area contributed by atoms with Gasteiger partial charge in [0.2, 0.25) is 5.91 Å².